The summed E-state index contributed by atoms with van der Waals surface area (Å²) >= 11 is 0. The Balaban J connectivity index is 0. The molecule has 1 rings (SSSR count). The highest BCUT2D eigenvalue weighted by Crippen LogP contribution is 2.13. The molecule has 9 nitrogen and oxygen atoms in total. The number of halogens is 6. The minimum absolute atomic E-state index is 0.0551. The van der Waals surface area contributed by atoms with Gasteiger partial charge in [-0.15, -0.1) is 0 Å². The zero-order valence-corrected chi connectivity index (χ0v) is 13.0. The lowest BCUT2D eigenvalue weighted by Crippen LogP contribution is -2.21. The van der Waals surface area contributed by atoms with Crippen molar-refractivity contribution in [3.8, 4) is 0 Å². The monoisotopic (exact) mass is 395 g/mol. The number of carboxylic acid groups (broad SMARTS) is 2. The predicted octanol–water partition coefficient (Wildman–Crippen LogP) is 0.797. The van der Waals surface area contributed by atoms with Crippen molar-refractivity contribution in [3.05, 3.63) is 11.8 Å². The molecule has 26 heavy (non-hydrogen) atoms. The number of hydrogen-bond acceptors (Lipinski definition) is 7. The van der Waals surface area contributed by atoms with Gasteiger partial charge in [0.15, 0.2) is 0 Å². The van der Waals surface area contributed by atoms with E-state index in [9.17, 15) is 26.3 Å². The summed E-state index contributed by atoms with van der Waals surface area (Å²) in [6, 6.07) is 0.0551. The second-order valence-electron chi connectivity index (χ2n) is 4.43. The summed E-state index contributed by atoms with van der Waals surface area (Å²) in [5.41, 5.74) is 17.3. The molecule has 0 amide bonds. The van der Waals surface area contributed by atoms with Crippen molar-refractivity contribution in [3.63, 3.8) is 0 Å². The molecule has 0 aliphatic heterocycles. The van der Waals surface area contributed by atoms with Crippen molar-refractivity contribution in [2.75, 3.05) is 11.5 Å². The Labute approximate surface area is 141 Å². The summed E-state index contributed by atoms with van der Waals surface area (Å²) in [7, 11) is 0. The highest BCUT2D eigenvalue weighted by atomic mass is 19.4. The summed E-state index contributed by atoms with van der Waals surface area (Å²) in [5, 5.41) is 14.2. The number of hydrogen-bond donors (Lipinski definition) is 5. The van der Waals surface area contributed by atoms with Crippen molar-refractivity contribution in [1.82, 2.24) is 9.97 Å². The van der Waals surface area contributed by atoms with Gasteiger partial charge in [-0.2, -0.15) is 31.3 Å². The van der Waals surface area contributed by atoms with E-state index in [-0.39, 0.29) is 12.0 Å². The van der Waals surface area contributed by atoms with Gasteiger partial charge in [0.25, 0.3) is 0 Å². The van der Waals surface area contributed by atoms with Gasteiger partial charge in [0.1, 0.15) is 5.82 Å². The van der Waals surface area contributed by atoms with Gasteiger partial charge in [0, 0.05) is 17.8 Å². The quantitative estimate of drug-likeness (QED) is 0.453. The molecule has 150 valence electrons. The second kappa shape index (κ2) is 10.2. The lowest BCUT2D eigenvalue weighted by molar-refractivity contribution is -0.193. The lowest BCUT2D eigenvalue weighted by atomic mass is 10.1. The van der Waals surface area contributed by atoms with Crippen LogP contribution in [-0.4, -0.2) is 50.5 Å². The fourth-order valence-corrected chi connectivity index (χ4v) is 0.938. The maximum atomic E-state index is 10.6. The number of nitrogen functional groups attached to an aromatic ring is 2. The third kappa shape index (κ3) is 12.6. The first-order valence-corrected chi connectivity index (χ1v) is 6.21. The van der Waals surface area contributed by atoms with Crippen LogP contribution in [0.2, 0.25) is 0 Å². The van der Waals surface area contributed by atoms with Crippen LogP contribution in [0.3, 0.4) is 0 Å². The molecular weight excluding hydrogens is 380 g/mol. The maximum Gasteiger partial charge on any atom is 0.490 e. The molecule has 1 heterocycles. The number of carboxylic acids is 2. The van der Waals surface area contributed by atoms with E-state index in [1.54, 1.807) is 6.20 Å². The van der Waals surface area contributed by atoms with E-state index in [0.717, 1.165) is 5.56 Å². The SMILES string of the molecule is CC(N)Cc1cnc(N)nc1N.O=C(O)C(F)(F)F.O=C(O)C(F)(F)F. The van der Waals surface area contributed by atoms with Gasteiger partial charge in [0.05, 0.1) is 0 Å². The molecule has 0 aliphatic carbocycles. The lowest BCUT2D eigenvalue weighted by Gasteiger charge is -2.06. The van der Waals surface area contributed by atoms with Gasteiger partial charge in [-0.1, -0.05) is 0 Å². The van der Waals surface area contributed by atoms with Crippen LogP contribution < -0.4 is 17.2 Å². The topological polar surface area (TPSA) is 178 Å². The molecule has 1 unspecified atom stereocenters. The first kappa shape index (κ1) is 25.4. The summed E-state index contributed by atoms with van der Waals surface area (Å²) < 4.78 is 63.5. The van der Waals surface area contributed by atoms with E-state index in [1.807, 2.05) is 6.92 Å². The smallest absolute Gasteiger partial charge is 0.475 e. The molecule has 0 radical (unpaired) electrons. The number of carbonyl (C=O) groups is 2. The molecule has 15 heteroatoms. The van der Waals surface area contributed by atoms with E-state index in [0.29, 0.717) is 12.2 Å². The maximum absolute atomic E-state index is 10.6. The van der Waals surface area contributed by atoms with Crippen molar-refractivity contribution < 1.29 is 46.1 Å². The first-order valence-electron chi connectivity index (χ1n) is 6.21. The zero-order chi connectivity index (χ0) is 21.3. The third-order valence-electron chi connectivity index (χ3n) is 1.94. The van der Waals surface area contributed by atoms with E-state index < -0.39 is 24.3 Å². The third-order valence-corrected chi connectivity index (χ3v) is 1.94. The van der Waals surface area contributed by atoms with Gasteiger partial charge in [-0.25, -0.2) is 14.6 Å². The highest BCUT2D eigenvalue weighted by Gasteiger charge is 2.38. The number of nitrogens with zero attached hydrogens (tertiary/aromatic N) is 2. The van der Waals surface area contributed by atoms with Gasteiger partial charge >= 0.3 is 24.3 Å². The number of aliphatic carboxylic acids is 2. The Morgan fingerprint density at radius 3 is 1.65 bits per heavy atom. The minimum Gasteiger partial charge on any atom is -0.475 e. The van der Waals surface area contributed by atoms with Crippen LogP contribution in [0.5, 0.6) is 0 Å². The van der Waals surface area contributed by atoms with Crippen LogP contribution in [0.15, 0.2) is 6.20 Å². The molecule has 1 atom stereocenters. The Bertz CT molecular complexity index is 582. The molecule has 0 aliphatic rings. The number of anilines is 2. The van der Waals surface area contributed by atoms with E-state index in [1.165, 1.54) is 0 Å². The summed E-state index contributed by atoms with van der Waals surface area (Å²) in [5.74, 6) is -4.90. The van der Waals surface area contributed by atoms with Crippen LogP contribution in [0.1, 0.15) is 12.5 Å². The molecule has 1 aromatic heterocycles. The molecule has 0 saturated heterocycles. The molecule has 0 spiro atoms. The van der Waals surface area contributed by atoms with E-state index in [2.05, 4.69) is 9.97 Å². The molecular formula is C11H15F6N5O4. The largest absolute Gasteiger partial charge is 0.490 e. The van der Waals surface area contributed by atoms with Gasteiger partial charge in [-0.05, 0) is 13.3 Å². The molecule has 8 N–H and O–H groups in total. The van der Waals surface area contributed by atoms with Gasteiger partial charge in [0.2, 0.25) is 5.95 Å². The molecule has 1 aromatic rings. The van der Waals surface area contributed by atoms with Gasteiger partial charge < -0.3 is 27.4 Å². The van der Waals surface area contributed by atoms with Crippen LogP contribution in [0, 0.1) is 0 Å². The second-order valence-corrected chi connectivity index (χ2v) is 4.43. The normalized spacial score (nSPS) is 12.0. The average molecular weight is 395 g/mol. The van der Waals surface area contributed by atoms with Crippen molar-refractivity contribution in [2.45, 2.75) is 31.7 Å². The van der Waals surface area contributed by atoms with E-state index >= 15 is 0 Å². The minimum atomic E-state index is -5.08. The summed E-state index contributed by atoms with van der Waals surface area (Å²) in [6.45, 7) is 1.90. The molecule has 0 aromatic carbocycles. The number of alkyl halides is 6. The fraction of sp³-hybridized carbons (Fsp3) is 0.455. The van der Waals surface area contributed by atoms with Crippen LogP contribution in [0.25, 0.3) is 0 Å². The highest BCUT2D eigenvalue weighted by molar-refractivity contribution is 5.73. The summed E-state index contributed by atoms with van der Waals surface area (Å²) in [6.07, 6.45) is -7.88. The average Bonchev–Trinajstić information content (AvgIpc) is 2.41. The van der Waals surface area contributed by atoms with Gasteiger partial charge in [-0.3, -0.25) is 0 Å². The Hall–Kier alpha value is -2.84. The number of rotatable bonds is 2. The summed E-state index contributed by atoms with van der Waals surface area (Å²) in [4.78, 5) is 25.4. The number of aromatic nitrogens is 2. The molecule has 0 bridgehead atoms. The molecule has 0 fully saturated rings. The van der Waals surface area contributed by atoms with Crippen LogP contribution in [0.4, 0.5) is 38.1 Å². The van der Waals surface area contributed by atoms with Crippen molar-refractivity contribution in [1.29, 1.82) is 0 Å². The van der Waals surface area contributed by atoms with Crippen LogP contribution in [-0.2, 0) is 16.0 Å². The zero-order valence-electron chi connectivity index (χ0n) is 13.0. The van der Waals surface area contributed by atoms with Crippen molar-refractivity contribution in [2.24, 2.45) is 5.73 Å². The number of nitrogens with two attached hydrogens (primary N) is 3. The predicted molar refractivity (Wildman–Crippen MR) is 75.6 cm³/mol. The van der Waals surface area contributed by atoms with Crippen molar-refractivity contribution >= 4 is 23.7 Å². The van der Waals surface area contributed by atoms with E-state index in [4.69, 9.17) is 37.0 Å². The standard InChI is InChI=1S/C7H13N5.2C2HF3O2/c1-4(8)2-5-3-11-7(10)12-6(5)9;2*3-2(4,5)1(6)7/h3-4H,2,8H2,1H3,(H4,9,10,11,12);2*(H,6,7). The Morgan fingerprint density at radius 1 is 1.08 bits per heavy atom. The first-order chi connectivity index (χ1) is 11.5. The Kier molecular flexibility index (Phi) is 9.98. The fourth-order valence-electron chi connectivity index (χ4n) is 0.938. The van der Waals surface area contributed by atoms with Crippen LogP contribution >= 0.6 is 0 Å². The Morgan fingerprint density at radius 2 is 1.42 bits per heavy atom. The molecule has 0 saturated carbocycles.